The maximum atomic E-state index is 13.6. The highest BCUT2D eigenvalue weighted by molar-refractivity contribution is 7.93. The molecule has 4 rings (SSSR count). The molecule has 36 heavy (non-hydrogen) atoms. The number of carbonyl (C=O) groups is 1. The van der Waals surface area contributed by atoms with E-state index in [1.54, 1.807) is 30.3 Å². The van der Waals surface area contributed by atoms with Gasteiger partial charge in [0.2, 0.25) is 0 Å². The van der Waals surface area contributed by atoms with Crippen LogP contribution in [0.5, 0.6) is 5.75 Å². The number of aryl methyl sites for hydroxylation is 1. The summed E-state index contributed by atoms with van der Waals surface area (Å²) in [6.45, 7) is 5.09. The lowest BCUT2D eigenvalue weighted by Gasteiger charge is -2.36. The number of methoxy groups -OCH3 is 1. The molecule has 0 radical (unpaired) electrons. The van der Waals surface area contributed by atoms with Gasteiger partial charge < -0.3 is 9.64 Å². The topological polar surface area (TPSA) is 75.7 Å². The van der Waals surface area contributed by atoms with Gasteiger partial charge in [-0.2, -0.15) is 0 Å². The molecule has 1 saturated heterocycles. The summed E-state index contributed by atoms with van der Waals surface area (Å²) < 4.78 is 48.5. The van der Waals surface area contributed by atoms with Gasteiger partial charge in [-0.25, -0.2) is 12.8 Å². The largest absolute Gasteiger partial charge is 0.495 e. The average Bonchev–Trinajstić information content (AvgIpc) is 2.88. The average molecular weight is 511 g/mol. The van der Waals surface area contributed by atoms with Gasteiger partial charge in [0.15, 0.2) is 5.78 Å². The van der Waals surface area contributed by atoms with Crippen LogP contribution in [0.1, 0.15) is 41.3 Å². The molecule has 1 heterocycles. The molecule has 8 heteroatoms. The van der Waals surface area contributed by atoms with Crippen LogP contribution in [0.3, 0.4) is 0 Å². The lowest BCUT2D eigenvalue weighted by Crippen LogP contribution is -2.38. The van der Waals surface area contributed by atoms with Crippen molar-refractivity contribution in [2.24, 2.45) is 5.92 Å². The number of sulfonamides is 1. The van der Waals surface area contributed by atoms with Crippen molar-refractivity contribution in [2.45, 2.75) is 38.0 Å². The SMILES string of the molecule is CCc1c(C)ccc(S(=O)(=O)Nc2ccccc2OC)c1N1CCC(C(=O)c2ccc(F)cc2)CC1. The van der Waals surface area contributed by atoms with Gasteiger partial charge in [0.05, 0.1) is 18.5 Å². The predicted molar refractivity (Wildman–Crippen MR) is 140 cm³/mol. The summed E-state index contributed by atoms with van der Waals surface area (Å²) in [5.74, 6) is -0.123. The first-order valence-corrected chi connectivity index (χ1v) is 13.6. The van der Waals surface area contributed by atoms with Gasteiger partial charge in [-0.05, 0) is 79.8 Å². The van der Waals surface area contributed by atoms with Gasteiger partial charge >= 0.3 is 0 Å². The van der Waals surface area contributed by atoms with Crippen LogP contribution in [0.15, 0.2) is 65.6 Å². The van der Waals surface area contributed by atoms with E-state index in [2.05, 4.69) is 9.62 Å². The van der Waals surface area contributed by atoms with Crippen molar-refractivity contribution in [3.8, 4) is 5.75 Å². The second-order valence-electron chi connectivity index (χ2n) is 9.00. The first-order chi connectivity index (χ1) is 17.2. The predicted octanol–water partition coefficient (Wildman–Crippen LogP) is 5.61. The molecule has 1 N–H and O–H groups in total. The van der Waals surface area contributed by atoms with E-state index in [1.165, 1.54) is 31.4 Å². The van der Waals surface area contributed by atoms with Gasteiger partial charge in [-0.3, -0.25) is 9.52 Å². The van der Waals surface area contributed by atoms with Gasteiger partial charge in [-0.1, -0.05) is 25.1 Å². The molecule has 0 saturated carbocycles. The minimum Gasteiger partial charge on any atom is -0.495 e. The maximum absolute atomic E-state index is 13.6. The number of anilines is 2. The number of ether oxygens (including phenoxy) is 1. The number of hydrogen-bond donors (Lipinski definition) is 1. The van der Waals surface area contributed by atoms with Crippen molar-refractivity contribution in [1.82, 2.24) is 0 Å². The number of rotatable bonds is 8. The van der Waals surface area contributed by atoms with Crippen molar-refractivity contribution in [3.63, 3.8) is 0 Å². The van der Waals surface area contributed by atoms with E-state index in [0.29, 0.717) is 55.0 Å². The van der Waals surface area contributed by atoms with E-state index >= 15 is 0 Å². The Morgan fingerprint density at radius 2 is 1.72 bits per heavy atom. The lowest BCUT2D eigenvalue weighted by molar-refractivity contribution is 0.0900. The molecule has 0 spiro atoms. The zero-order valence-corrected chi connectivity index (χ0v) is 21.6. The highest BCUT2D eigenvalue weighted by atomic mass is 32.2. The Morgan fingerprint density at radius 1 is 1.06 bits per heavy atom. The smallest absolute Gasteiger partial charge is 0.264 e. The molecule has 6 nitrogen and oxygen atoms in total. The van der Waals surface area contributed by atoms with Crippen molar-refractivity contribution >= 4 is 27.2 Å². The Bertz CT molecular complexity index is 1350. The van der Waals surface area contributed by atoms with Gasteiger partial charge in [0.1, 0.15) is 16.5 Å². The first kappa shape index (κ1) is 25.7. The molecule has 1 aliphatic rings. The van der Waals surface area contributed by atoms with E-state index in [9.17, 15) is 17.6 Å². The van der Waals surface area contributed by atoms with E-state index in [-0.39, 0.29) is 22.4 Å². The number of Topliss-reactive ketones (excluding diaryl/α,β-unsaturated/α-hetero) is 1. The van der Waals surface area contributed by atoms with Gasteiger partial charge in [0, 0.05) is 24.6 Å². The van der Waals surface area contributed by atoms with E-state index in [0.717, 1.165) is 11.1 Å². The molecular weight excluding hydrogens is 479 g/mol. The van der Waals surface area contributed by atoms with Crippen molar-refractivity contribution in [1.29, 1.82) is 0 Å². The van der Waals surface area contributed by atoms with E-state index in [4.69, 9.17) is 4.74 Å². The number of para-hydroxylation sites is 2. The monoisotopic (exact) mass is 510 g/mol. The second-order valence-corrected chi connectivity index (χ2v) is 10.7. The Labute approximate surface area is 212 Å². The molecule has 0 atom stereocenters. The van der Waals surface area contributed by atoms with Gasteiger partial charge in [0.25, 0.3) is 10.0 Å². The number of carbonyl (C=O) groups excluding carboxylic acids is 1. The molecule has 0 unspecified atom stereocenters. The van der Waals surface area contributed by atoms with E-state index in [1.807, 2.05) is 19.9 Å². The maximum Gasteiger partial charge on any atom is 0.264 e. The molecule has 1 fully saturated rings. The van der Waals surface area contributed by atoms with Crippen LogP contribution in [0.4, 0.5) is 15.8 Å². The molecule has 0 aromatic heterocycles. The number of hydrogen-bond acceptors (Lipinski definition) is 5. The summed E-state index contributed by atoms with van der Waals surface area (Å²) in [6.07, 6.45) is 1.85. The van der Waals surface area contributed by atoms with Crippen molar-refractivity contribution in [2.75, 3.05) is 29.8 Å². The quantitative estimate of drug-likeness (QED) is 0.399. The number of benzene rings is 3. The third-order valence-corrected chi connectivity index (χ3v) is 8.18. The van der Waals surface area contributed by atoms with Crippen LogP contribution in [-0.2, 0) is 16.4 Å². The first-order valence-electron chi connectivity index (χ1n) is 12.1. The van der Waals surface area contributed by atoms with Crippen molar-refractivity contribution in [3.05, 3.63) is 83.2 Å². The molecule has 3 aromatic rings. The molecular formula is C28H31FN2O4S. The van der Waals surface area contributed by atoms with Crippen LogP contribution >= 0.6 is 0 Å². The summed E-state index contributed by atoms with van der Waals surface area (Å²) in [5, 5.41) is 0. The summed E-state index contributed by atoms with van der Waals surface area (Å²) >= 11 is 0. The number of ketones is 1. The third-order valence-electron chi connectivity index (χ3n) is 6.79. The normalized spacial score (nSPS) is 14.5. The molecule has 0 amide bonds. The van der Waals surface area contributed by atoms with Crippen molar-refractivity contribution < 1.29 is 22.3 Å². The number of piperidine rings is 1. The number of halogens is 1. The molecule has 3 aromatic carbocycles. The molecule has 0 bridgehead atoms. The fourth-order valence-corrected chi connectivity index (χ4v) is 6.19. The fraction of sp³-hybridized carbons (Fsp3) is 0.321. The minimum absolute atomic E-state index is 0.000270. The summed E-state index contributed by atoms with van der Waals surface area (Å²) in [6, 6.07) is 16.0. The second kappa shape index (κ2) is 10.7. The number of nitrogens with zero attached hydrogens (tertiary/aromatic N) is 1. The number of nitrogens with one attached hydrogen (secondary N) is 1. The fourth-order valence-electron chi connectivity index (χ4n) is 4.87. The highest BCUT2D eigenvalue weighted by Gasteiger charge is 2.31. The Morgan fingerprint density at radius 3 is 2.36 bits per heavy atom. The van der Waals surface area contributed by atoms with Crippen LogP contribution in [-0.4, -0.2) is 34.4 Å². The zero-order chi connectivity index (χ0) is 25.9. The lowest BCUT2D eigenvalue weighted by atomic mass is 9.88. The van der Waals surface area contributed by atoms with E-state index < -0.39 is 10.0 Å². The summed E-state index contributed by atoms with van der Waals surface area (Å²) in [7, 11) is -2.43. The molecule has 190 valence electrons. The Kier molecular flexibility index (Phi) is 7.64. The van der Waals surface area contributed by atoms with Crippen LogP contribution in [0.2, 0.25) is 0 Å². The summed E-state index contributed by atoms with van der Waals surface area (Å²) in [5.41, 5.74) is 3.55. The van der Waals surface area contributed by atoms with Crippen LogP contribution in [0, 0.1) is 18.7 Å². The molecule has 0 aliphatic carbocycles. The minimum atomic E-state index is -3.93. The highest BCUT2D eigenvalue weighted by Crippen LogP contribution is 2.37. The van der Waals surface area contributed by atoms with Crippen LogP contribution < -0.4 is 14.4 Å². The third kappa shape index (κ3) is 5.23. The van der Waals surface area contributed by atoms with Gasteiger partial charge in [-0.15, -0.1) is 0 Å². The zero-order valence-electron chi connectivity index (χ0n) is 20.8. The Balaban J connectivity index is 1.63. The summed E-state index contributed by atoms with van der Waals surface area (Å²) in [4.78, 5) is 15.3. The molecule has 1 aliphatic heterocycles. The van der Waals surface area contributed by atoms with Crippen LogP contribution in [0.25, 0.3) is 0 Å². The Hall–Kier alpha value is -3.39. The standard InChI is InChI=1S/C28H31FN2O4S/c1-4-23-19(2)9-14-26(36(33,34)30-24-7-5-6-8-25(24)35-3)27(23)31-17-15-21(16-18-31)28(32)20-10-12-22(29)13-11-20/h5-14,21,30H,4,15-18H2,1-3H3.